The van der Waals surface area contributed by atoms with Gasteiger partial charge in [0.1, 0.15) is 0 Å². The van der Waals surface area contributed by atoms with Gasteiger partial charge in [-0.2, -0.15) is 0 Å². The summed E-state index contributed by atoms with van der Waals surface area (Å²) in [6.07, 6.45) is 2.88. The Bertz CT molecular complexity index is 809. The van der Waals surface area contributed by atoms with E-state index >= 15 is 0 Å². The van der Waals surface area contributed by atoms with Crippen molar-refractivity contribution >= 4 is 42.1 Å². The van der Waals surface area contributed by atoms with Gasteiger partial charge in [0.25, 0.3) is 5.91 Å². The van der Waals surface area contributed by atoms with Crippen molar-refractivity contribution in [1.29, 1.82) is 0 Å². The van der Waals surface area contributed by atoms with Gasteiger partial charge in [0.2, 0.25) is 0 Å². The zero-order valence-electron chi connectivity index (χ0n) is 17.7. The van der Waals surface area contributed by atoms with E-state index in [1.165, 1.54) is 11.1 Å². The van der Waals surface area contributed by atoms with E-state index in [4.69, 9.17) is 10.5 Å². The van der Waals surface area contributed by atoms with Crippen molar-refractivity contribution in [2.75, 3.05) is 31.6 Å². The van der Waals surface area contributed by atoms with E-state index in [1.54, 1.807) is 0 Å². The Kier molecular flexibility index (Phi) is 11.2. The van der Waals surface area contributed by atoms with Crippen LogP contribution in [0.3, 0.4) is 0 Å². The van der Waals surface area contributed by atoms with E-state index < -0.39 is 0 Å². The summed E-state index contributed by atoms with van der Waals surface area (Å²) in [5.41, 5.74) is 10.5. The van der Waals surface area contributed by atoms with E-state index in [0.717, 1.165) is 43.7 Å². The summed E-state index contributed by atoms with van der Waals surface area (Å²) in [7, 11) is 0. The number of halogens is 2. The predicted molar refractivity (Wildman–Crippen MR) is 129 cm³/mol. The molecule has 0 aromatic heterocycles. The number of anilines is 2. The van der Waals surface area contributed by atoms with Gasteiger partial charge in [0, 0.05) is 25.4 Å². The minimum Gasteiger partial charge on any atom is -0.378 e. The number of nitrogens with two attached hydrogens (primary N) is 1. The maximum atomic E-state index is 13.2. The molecular formula is C23H33Cl2N3O2. The fourth-order valence-electron chi connectivity index (χ4n) is 3.54. The van der Waals surface area contributed by atoms with Crippen molar-refractivity contribution < 1.29 is 9.53 Å². The van der Waals surface area contributed by atoms with Crippen molar-refractivity contribution in [3.05, 3.63) is 59.2 Å². The number of nitrogens with zero attached hydrogens (tertiary/aromatic N) is 1. The third-order valence-electron chi connectivity index (χ3n) is 5.46. The number of nitrogens with one attached hydrogen (secondary N) is 1. The van der Waals surface area contributed by atoms with Crippen molar-refractivity contribution in [1.82, 2.24) is 4.90 Å². The Hall–Kier alpha value is -1.79. The number of para-hydroxylation sites is 1. The number of carbonyl (C=O) groups excluding carboxylic acids is 1. The number of benzene rings is 2. The summed E-state index contributed by atoms with van der Waals surface area (Å²) in [6, 6.07) is 13.9. The molecule has 5 nitrogen and oxygen atoms in total. The van der Waals surface area contributed by atoms with Crippen LogP contribution in [-0.2, 0) is 4.74 Å². The van der Waals surface area contributed by atoms with Crippen LogP contribution in [0.25, 0.3) is 0 Å². The highest BCUT2D eigenvalue weighted by molar-refractivity contribution is 6.00. The van der Waals surface area contributed by atoms with Crippen LogP contribution in [0.1, 0.15) is 40.7 Å². The molecule has 0 radical (unpaired) electrons. The van der Waals surface area contributed by atoms with E-state index in [2.05, 4.69) is 25.2 Å². The molecule has 1 fully saturated rings. The van der Waals surface area contributed by atoms with Crippen molar-refractivity contribution in [3.8, 4) is 0 Å². The molecule has 0 unspecified atom stereocenters. The van der Waals surface area contributed by atoms with Crippen LogP contribution in [0.15, 0.2) is 42.5 Å². The Balaban J connectivity index is 0.00000225. The van der Waals surface area contributed by atoms with Gasteiger partial charge >= 0.3 is 0 Å². The third-order valence-corrected chi connectivity index (χ3v) is 5.46. The van der Waals surface area contributed by atoms with Crippen LogP contribution >= 0.6 is 24.8 Å². The van der Waals surface area contributed by atoms with Crippen LogP contribution in [0.4, 0.5) is 11.4 Å². The predicted octanol–water partition coefficient (Wildman–Crippen LogP) is 4.86. The van der Waals surface area contributed by atoms with Gasteiger partial charge in [-0.15, -0.1) is 24.8 Å². The molecule has 2 aromatic rings. The zero-order chi connectivity index (χ0) is 19.9. The Morgan fingerprint density at radius 2 is 1.73 bits per heavy atom. The van der Waals surface area contributed by atoms with E-state index in [9.17, 15) is 4.79 Å². The van der Waals surface area contributed by atoms with Crippen molar-refractivity contribution in [3.63, 3.8) is 0 Å². The van der Waals surface area contributed by atoms with E-state index in [1.807, 2.05) is 41.3 Å². The second-order valence-corrected chi connectivity index (χ2v) is 7.42. The lowest BCUT2D eigenvalue weighted by atomic mass is 10.0. The topological polar surface area (TPSA) is 67.6 Å². The number of ether oxygens (including phenoxy) is 1. The van der Waals surface area contributed by atoms with Gasteiger partial charge in [0.15, 0.2) is 0 Å². The molecule has 3 rings (SSSR count). The summed E-state index contributed by atoms with van der Waals surface area (Å²) in [5, 5.41) is 3.46. The molecule has 1 aliphatic heterocycles. The van der Waals surface area contributed by atoms with Gasteiger partial charge in [-0.1, -0.05) is 24.3 Å². The number of amides is 1. The van der Waals surface area contributed by atoms with E-state index in [-0.39, 0.29) is 36.8 Å². The first-order valence-electron chi connectivity index (χ1n) is 10.1. The lowest BCUT2D eigenvalue weighted by Gasteiger charge is -2.32. The zero-order valence-corrected chi connectivity index (χ0v) is 19.4. The molecule has 0 atom stereocenters. The van der Waals surface area contributed by atoms with E-state index in [0.29, 0.717) is 18.7 Å². The Morgan fingerprint density at radius 1 is 1.07 bits per heavy atom. The molecule has 2 aromatic carbocycles. The normalized spacial score (nSPS) is 13.9. The lowest BCUT2D eigenvalue weighted by Crippen LogP contribution is -2.41. The lowest BCUT2D eigenvalue weighted by molar-refractivity contribution is 0.00847. The van der Waals surface area contributed by atoms with Gasteiger partial charge in [-0.05, 0) is 69.0 Å². The average Bonchev–Trinajstić information content (AvgIpc) is 2.72. The second-order valence-electron chi connectivity index (χ2n) is 7.42. The summed E-state index contributed by atoms with van der Waals surface area (Å²) in [6.45, 7) is 7.00. The second kappa shape index (κ2) is 12.8. The number of aryl methyl sites for hydroxylation is 1. The molecule has 0 aliphatic carbocycles. The monoisotopic (exact) mass is 453 g/mol. The summed E-state index contributed by atoms with van der Waals surface area (Å²) in [5.74, 6) is 0.0776. The number of carbonyl (C=O) groups is 1. The van der Waals surface area contributed by atoms with Gasteiger partial charge < -0.3 is 20.7 Å². The standard InChI is InChI=1S/C23H31N3O2.2ClH/c1-17-7-5-10-21(18(17)2)25-22-9-4-3-8-20(22)23(27)26-14-11-19(12-15-26)28-16-6-13-24;;/h3-5,7-10,19,25H,6,11-16,24H2,1-2H3;2*1H. The molecule has 166 valence electrons. The van der Waals surface area contributed by atoms with Crippen LogP contribution in [0.2, 0.25) is 0 Å². The summed E-state index contributed by atoms with van der Waals surface area (Å²) >= 11 is 0. The van der Waals surface area contributed by atoms with Crippen molar-refractivity contribution in [2.24, 2.45) is 5.73 Å². The Labute approximate surface area is 192 Å². The molecule has 1 heterocycles. The maximum Gasteiger partial charge on any atom is 0.255 e. The molecule has 0 bridgehead atoms. The molecule has 7 heteroatoms. The number of rotatable bonds is 7. The summed E-state index contributed by atoms with van der Waals surface area (Å²) < 4.78 is 5.85. The first kappa shape index (κ1) is 26.2. The minimum absolute atomic E-state index is 0. The molecule has 30 heavy (non-hydrogen) atoms. The SMILES string of the molecule is Cc1cccc(Nc2ccccc2C(=O)N2CCC(OCCCN)CC2)c1C.Cl.Cl. The molecule has 0 spiro atoms. The van der Waals surface area contributed by atoms with Gasteiger partial charge in [-0.25, -0.2) is 0 Å². The molecular weight excluding hydrogens is 421 g/mol. The highest BCUT2D eigenvalue weighted by Gasteiger charge is 2.25. The third kappa shape index (κ3) is 6.61. The molecule has 1 saturated heterocycles. The van der Waals surface area contributed by atoms with Crippen LogP contribution in [-0.4, -0.2) is 43.2 Å². The van der Waals surface area contributed by atoms with Crippen LogP contribution in [0.5, 0.6) is 0 Å². The van der Waals surface area contributed by atoms with Crippen LogP contribution in [0, 0.1) is 13.8 Å². The minimum atomic E-state index is 0. The number of hydrogen-bond acceptors (Lipinski definition) is 4. The van der Waals surface area contributed by atoms with Crippen molar-refractivity contribution in [2.45, 2.75) is 39.2 Å². The molecule has 3 N–H and O–H groups in total. The maximum absolute atomic E-state index is 13.2. The first-order chi connectivity index (χ1) is 13.6. The number of hydrogen-bond donors (Lipinski definition) is 2. The number of piperidine rings is 1. The highest BCUT2D eigenvalue weighted by Crippen LogP contribution is 2.27. The number of likely N-dealkylation sites (tertiary alicyclic amines) is 1. The molecule has 1 aliphatic rings. The highest BCUT2D eigenvalue weighted by atomic mass is 35.5. The molecule has 1 amide bonds. The first-order valence-corrected chi connectivity index (χ1v) is 10.1. The smallest absolute Gasteiger partial charge is 0.255 e. The summed E-state index contributed by atoms with van der Waals surface area (Å²) in [4.78, 5) is 15.1. The van der Waals surface area contributed by atoms with Gasteiger partial charge in [0.05, 0.1) is 17.4 Å². The fourth-order valence-corrected chi connectivity index (χ4v) is 3.54. The quantitative estimate of drug-likeness (QED) is 0.587. The average molecular weight is 454 g/mol. The van der Waals surface area contributed by atoms with Gasteiger partial charge in [-0.3, -0.25) is 4.79 Å². The van der Waals surface area contributed by atoms with Crippen LogP contribution < -0.4 is 11.1 Å². The fraction of sp³-hybridized carbons (Fsp3) is 0.435. The largest absolute Gasteiger partial charge is 0.378 e. The molecule has 0 saturated carbocycles. The Morgan fingerprint density at radius 3 is 2.43 bits per heavy atom.